The van der Waals surface area contributed by atoms with Crippen molar-refractivity contribution in [3.05, 3.63) is 34.9 Å². The first-order valence-corrected chi connectivity index (χ1v) is 13.1. The Morgan fingerprint density at radius 2 is 1.72 bits per heavy atom. The predicted octanol–water partition coefficient (Wildman–Crippen LogP) is 7.43. The van der Waals surface area contributed by atoms with Crippen LogP contribution in [0.25, 0.3) is 0 Å². The summed E-state index contributed by atoms with van der Waals surface area (Å²) in [6.45, 7) is 16.6. The summed E-state index contributed by atoms with van der Waals surface area (Å²) in [4.78, 5) is 10.9. The summed E-state index contributed by atoms with van der Waals surface area (Å²) in [5.74, 6) is 1.81. The van der Waals surface area contributed by atoms with E-state index < -0.39 is 0 Å². The van der Waals surface area contributed by atoms with Gasteiger partial charge in [-0.2, -0.15) is 0 Å². The van der Waals surface area contributed by atoms with Gasteiger partial charge in [-0.05, 0) is 103 Å². The second kappa shape index (κ2) is 7.97. The Morgan fingerprint density at radius 3 is 2.41 bits per heavy atom. The van der Waals surface area contributed by atoms with Gasteiger partial charge in [0.15, 0.2) is 0 Å². The van der Waals surface area contributed by atoms with E-state index in [1.807, 2.05) is 18.6 Å². The van der Waals surface area contributed by atoms with Crippen molar-refractivity contribution in [3.8, 4) is 0 Å². The van der Waals surface area contributed by atoms with Gasteiger partial charge in [0.1, 0.15) is 6.29 Å². The van der Waals surface area contributed by atoms with Crippen LogP contribution in [0.5, 0.6) is 0 Å². The molecule has 0 aromatic rings. The molecule has 2 heteroatoms. The van der Waals surface area contributed by atoms with Gasteiger partial charge in [0, 0.05) is 0 Å². The van der Waals surface area contributed by atoms with Gasteiger partial charge in [-0.15, -0.1) is 0 Å². The molecule has 7 atom stereocenters. The third-order valence-corrected chi connectivity index (χ3v) is 11.4. The van der Waals surface area contributed by atoms with Crippen LogP contribution < -0.4 is 0 Å². The molecule has 0 heterocycles. The number of aliphatic hydroxyl groups excluding tert-OH is 1. The molecule has 2 fully saturated rings. The summed E-state index contributed by atoms with van der Waals surface area (Å²) < 4.78 is 0. The summed E-state index contributed by atoms with van der Waals surface area (Å²) >= 11 is 0. The standard InChI is InChI=1S/C30H46O2/c1-20(19-31)9-8-10-21(2)22-13-17-30(7)24-11-12-25-27(3,4)26(32)15-16-28(25,5)23(24)14-18-29(22,30)6/h8-10,19,21-22,25-26,32H,11-18H2,1-7H3/b10-8+,20-9+/t21-,22-,25+,26+,28-,29-,30+/m1/s1. The molecule has 0 aliphatic heterocycles. The Kier molecular flexibility index (Phi) is 5.97. The van der Waals surface area contributed by atoms with Crippen molar-refractivity contribution in [3.63, 3.8) is 0 Å². The summed E-state index contributed by atoms with van der Waals surface area (Å²) in [6.07, 6.45) is 16.9. The van der Waals surface area contributed by atoms with Gasteiger partial charge in [-0.1, -0.05) is 70.9 Å². The highest BCUT2D eigenvalue weighted by Crippen LogP contribution is 2.72. The molecule has 32 heavy (non-hydrogen) atoms. The number of hydrogen-bond donors (Lipinski definition) is 1. The molecule has 0 aromatic carbocycles. The summed E-state index contributed by atoms with van der Waals surface area (Å²) in [5.41, 5.74) is 5.31. The molecular formula is C30H46O2. The molecule has 0 unspecified atom stereocenters. The van der Waals surface area contributed by atoms with E-state index in [4.69, 9.17) is 0 Å². The van der Waals surface area contributed by atoms with Crippen LogP contribution >= 0.6 is 0 Å². The van der Waals surface area contributed by atoms with Crippen LogP contribution in [0.2, 0.25) is 0 Å². The highest BCUT2D eigenvalue weighted by molar-refractivity contribution is 5.72. The molecule has 4 aliphatic carbocycles. The largest absolute Gasteiger partial charge is 0.393 e. The van der Waals surface area contributed by atoms with E-state index in [0.717, 1.165) is 24.7 Å². The zero-order valence-electron chi connectivity index (χ0n) is 21.6. The highest BCUT2D eigenvalue weighted by atomic mass is 16.3. The first kappa shape index (κ1) is 24.0. The number of hydrogen-bond acceptors (Lipinski definition) is 2. The zero-order valence-corrected chi connectivity index (χ0v) is 21.6. The van der Waals surface area contributed by atoms with Crippen molar-refractivity contribution in [2.24, 2.45) is 39.4 Å². The molecule has 0 saturated heterocycles. The summed E-state index contributed by atoms with van der Waals surface area (Å²) in [5, 5.41) is 10.8. The number of allylic oxidation sites excluding steroid dienone is 6. The smallest absolute Gasteiger partial charge is 0.145 e. The predicted molar refractivity (Wildman–Crippen MR) is 133 cm³/mol. The maximum Gasteiger partial charge on any atom is 0.145 e. The number of carbonyl (C=O) groups excluding carboxylic acids is 1. The Hall–Kier alpha value is -1.15. The normalized spacial score (nSPS) is 44.8. The summed E-state index contributed by atoms with van der Waals surface area (Å²) in [7, 11) is 0. The molecule has 0 radical (unpaired) electrons. The third-order valence-electron chi connectivity index (χ3n) is 11.4. The molecule has 178 valence electrons. The van der Waals surface area contributed by atoms with Crippen molar-refractivity contribution in [2.45, 2.75) is 106 Å². The van der Waals surface area contributed by atoms with Gasteiger partial charge in [-0.3, -0.25) is 4.79 Å². The van der Waals surface area contributed by atoms with Crippen molar-refractivity contribution >= 4 is 6.29 Å². The maximum atomic E-state index is 10.9. The molecular weight excluding hydrogens is 392 g/mol. The van der Waals surface area contributed by atoms with E-state index >= 15 is 0 Å². The molecule has 2 saturated carbocycles. The van der Waals surface area contributed by atoms with E-state index in [9.17, 15) is 9.90 Å². The molecule has 0 spiro atoms. The minimum atomic E-state index is -0.160. The van der Waals surface area contributed by atoms with Crippen LogP contribution in [0.15, 0.2) is 34.9 Å². The van der Waals surface area contributed by atoms with Gasteiger partial charge in [0.25, 0.3) is 0 Å². The Labute approximate surface area is 196 Å². The molecule has 0 bridgehead atoms. The number of rotatable bonds is 4. The molecule has 2 nitrogen and oxygen atoms in total. The number of carbonyl (C=O) groups is 1. The fourth-order valence-corrected chi connectivity index (χ4v) is 9.12. The number of aldehydes is 1. The summed E-state index contributed by atoms with van der Waals surface area (Å²) in [6, 6.07) is 0. The van der Waals surface area contributed by atoms with E-state index in [-0.39, 0.29) is 16.9 Å². The first-order chi connectivity index (χ1) is 14.9. The SMILES string of the molecule is C/C(C=O)=C\C=C\[C@@H](C)[C@H]1CC[C@@]2(C)C3=C(CC[C@]12C)[C@@]1(C)CC[C@H](O)C(C)(C)[C@@H]1CC3. The van der Waals surface area contributed by atoms with E-state index in [1.54, 1.807) is 5.57 Å². The second-order valence-corrected chi connectivity index (χ2v) is 13.0. The van der Waals surface area contributed by atoms with E-state index in [2.05, 4.69) is 53.7 Å². The lowest BCUT2D eigenvalue weighted by molar-refractivity contribution is -0.104. The lowest BCUT2D eigenvalue weighted by Crippen LogP contribution is -2.55. The average molecular weight is 439 g/mol. The third kappa shape index (κ3) is 3.26. The molecule has 1 N–H and O–H groups in total. The van der Waals surface area contributed by atoms with E-state index in [0.29, 0.717) is 28.6 Å². The highest BCUT2D eigenvalue weighted by Gasteiger charge is 2.63. The minimum absolute atomic E-state index is 0.0118. The fourth-order valence-electron chi connectivity index (χ4n) is 9.12. The van der Waals surface area contributed by atoms with Crippen LogP contribution in [0, 0.1) is 39.4 Å². The average Bonchev–Trinajstić information content (AvgIpc) is 3.02. The quantitative estimate of drug-likeness (QED) is 0.214. The van der Waals surface area contributed by atoms with Crippen LogP contribution in [0.3, 0.4) is 0 Å². The van der Waals surface area contributed by atoms with Crippen molar-refractivity contribution in [2.75, 3.05) is 0 Å². The van der Waals surface area contributed by atoms with Gasteiger partial charge in [-0.25, -0.2) is 0 Å². The number of aliphatic hydroxyl groups is 1. The lowest BCUT2D eigenvalue weighted by Gasteiger charge is -2.62. The van der Waals surface area contributed by atoms with E-state index in [1.165, 1.54) is 38.5 Å². The Balaban J connectivity index is 1.67. The van der Waals surface area contributed by atoms with Crippen molar-refractivity contribution in [1.82, 2.24) is 0 Å². The van der Waals surface area contributed by atoms with Gasteiger partial charge in [0.2, 0.25) is 0 Å². The molecule has 0 aromatic heterocycles. The topological polar surface area (TPSA) is 37.3 Å². The van der Waals surface area contributed by atoms with Gasteiger partial charge in [0.05, 0.1) is 6.10 Å². The minimum Gasteiger partial charge on any atom is -0.393 e. The van der Waals surface area contributed by atoms with Crippen LogP contribution in [0.1, 0.15) is 99.8 Å². The second-order valence-electron chi connectivity index (χ2n) is 13.0. The maximum absolute atomic E-state index is 10.9. The monoisotopic (exact) mass is 438 g/mol. The van der Waals surface area contributed by atoms with Gasteiger partial charge < -0.3 is 5.11 Å². The lowest BCUT2D eigenvalue weighted by atomic mass is 9.43. The van der Waals surface area contributed by atoms with Crippen LogP contribution in [-0.2, 0) is 4.79 Å². The first-order valence-electron chi connectivity index (χ1n) is 13.1. The van der Waals surface area contributed by atoms with Crippen molar-refractivity contribution < 1.29 is 9.90 Å². The fraction of sp³-hybridized carbons (Fsp3) is 0.767. The van der Waals surface area contributed by atoms with Crippen LogP contribution in [-0.4, -0.2) is 17.5 Å². The molecule has 4 rings (SSSR count). The molecule has 4 aliphatic rings. The molecule has 0 amide bonds. The zero-order chi connectivity index (χ0) is 23.5. The Bertz CT molecular complexity index is 860. The van der Waals surface area contributed by atoms with Crippen molar-refractivity contribution in [1.29, 1.82) is 0 Å². The Morgan fingerprint density at radius 1 is 1.00 bits per heavy atom. The van der Waals surface area contributed by atoms with Crippen LogP contribution in [0.4, 0.5) is 0 Å². The van der Waals surface area contributed by atoms with Gasteiger partial charge >= 0.3 is 0 Å². The number of fused-ring (bicyclic) bond motifs is 4.